The SMILES string of the molecule is NC(=O)c1cc(=O)c(C(N)=O)c(C(N)=O)o1. The number of nitrogens with two attached hydrogens (primary N) is 3. The molecular weight excluding hydrogens is 218 g/mol. The average molecular weight is 225 g/mol. The zero-order chi connectivity index (χ0) is 12.5. The normalized spacial score (nSPS) is 9.75. The molecule has 0 aromatic carbocycles. The van der Waals surface area contributed by atoms with Gasteiger partial charge in [-0.3, -0.25) is 19.2 Å². The van der Waals surface area contributed by atoms with Crippen LogP contribution >= 0.6 is 0 Å². The molecule has 1 aromatic heterocycles. The Kier molecular flexibility index (Phi) is 2.75. The Morgan fingerprint density at radius 3 is 1.94 bits per heavy atom. The van der Waals surface area contributed by atoms with Gasteiger partial charge in [0.15, 0.2) is 11.2 Å². The molecule has 6 N–H and O–H groups in total. The Balaban J connectivity index is 3.65. The van der Waals surface area contributed by atoms with Crippen molar-refractivity contribution < 1.29 is 18.8 Å². The molecule has 0 bridgehead atoms. The molecule has 3 amide bonds. The molecule has 0 atom stereocenters. The van der Waals surface area contributed by atoms with Gasteiger partial charge in [-0.2, -0.15) is 0 Å². The van der Waals surface area contributed by atoms with Gasteiger partial charge in [-0.1, -0.05) is 0 Å². The van der Waals surface area contributed by atoms with E-state index in [9.17, 15) is 19.2 Å². The Hall–Kier alpha value is -2.64. The van der Waals surface area contributed by atoms with Gasteiger partial charge >= 0.3 is 0 Å². The summed E-state index contributed by atoms with van der Waals surface area (Å²) in [6.45, 7) is 0. The van der Waals surface area contributed by atoms with E-state index in [0.29, 0.717) is 6.07 Å². The lowest BCUT2D eigenvalue weighted by Crippen LogP contribution is -2.29. The Bertz CT molecular complexity index is 545. The van der Waals surface area contributed by atoms with Gasteiger partial charge in [-0.25, -0.2) is 0 Å². The maximum Gasteiger partial charge on any atom is 0.285 e. The molecule has 84 valence electrons. The van der Waals surface area contributed by atoms with Crippen molar-refractivity contribution in [2.45, 2.75) is 0 Å². The van der Waals surface area contributed by atoms with Crippen molar-refractivity contribution in [3.8, 4) is 0 Å². The lowest BCUT2D eigenvalue weighted by atomic mass is 10.1. The summed E-state index contributed by atoms with van der Waals surface area (Å²) in [5.74, 6) is -4.82. The van der Waals surface area contributed by atoms with Crippen LogP contribution in [0.3, 0.4) is 0 Å². The molecule has 1 rings (SSSR count). The molecular formula is C8H7N3O5. The molecule has 1 aromatic rings. The Labute approximate surface area is 88.0 Å². The fourth-order valence-corrected chi connectivity index (χ4v) is 1.02. The summed E-state index contributed by atoms with van der Waals surface area (Å²) in [4.78, 5) is 43.8. The minimum atomic E-state index is -1.20. The lowest BCUT2D eigenvalue weighted by molar-refractivity contribution is 0.0919. The molecule has 0 unspecified atom stereocenters. The van der Waals surface area contributed by atoms with Crippen LogP contribution in [0, 0.1) is 0 Å². The summed E-state index contributed by atoms with van der Waals surface area (Å²) in [6, 6.07) is 0.662. The number of primary amides is 3. The maximum absolute atomic E-state index is 11.3. The highest BCUT2D eigenvalue weighted by Gasteiger charge is 2.22. The zero-order valence-corrected chi connectivity index (χ0v) is 7.85. The standard InChI is InChI=1S/C8H7N3O5/c9-6(13)3-1-2(12)4(7(10)14)5(16-3)8(11)15/h1H,(H2,9,13)(H2,10,14)(H2,11,15). The number of hydrogen-bond acceptors (Lipinski definition) is 5. The predicted molar refractivity (Wildman–Crippen MR) is 50.5 cm³/mol. The van der Waals surface area contributed by atoms with Crippen LogP contribution < -0.4 is 22.6 Å². The summed E-state index contributed by atoms with van der Waals surface area (Å²) in [7, 11) is 0. The molecule has 0 fully saturated rings. The first kappa shape index (κ1) is 11.4. The predicted octanol–water partition coefficient (Wildman–Crippen LogP) is -2.06. The van der Waals surface area contributed by atoms with Crippen LogP contribution in [0.25, 0.3) is 0 Å². The number of amides is 3. The third-order valence-corrected chi connectivity index (χ3v) is 1.66. The second-order valence-corrected chi connectivity index (χ2v) is 2.77. The third kappa shape index (κ3) is 1.90. The van der Waals surface area contributed by atoms with E-state index in [0.717, 1.165) is 0 Å². The maximum atomic E-state index is 11.3. The summed E-state index contributed by atoms with van der Waals surface area (Å²) in [5.41, 5.74) is 12.9. The molecule has 8 nitrogen and oxygen atoms in total. The molecule has 0 aliphatic carbocycles. The Morgan fingerprint density at radius 1 is 1.00 bits per heavy atom. The second kappa shape index (κ2) is 3.85. The third-order valence-electron chi connectivity index (χ3n) is 1.66. The van der Waals surface area contributed by atoms with E-state index in [-0.39, 0.29) is 0 Å². The smallest absolute Gasteiger partial charge is 0.285 e. The fraction of sp³-hybridized carbons (Fsp3) is 0. The van der Waals surface area contributed by atoms with E-state index in [1.54, 1.807) is 0 Å². The van der Waals surface area contributed by atoms with E-state index in [4.69, 9.17) is 17.2 Å². The van der Waals surface area contributed by atoms with Crippen molar-refractivity contribution in [2.24, 2.45) is 17.2 Å². The highest BCUT2D eigenvalue weighted by atomic mass is 16.4. The lowest BCUT2D eigenvalue weighted by Gasteiger charge is -2.02. The minimum absolute atomic E-state index is 0.580. The van der Waals surface area contributed by atoms with Gasteiger partial charge in [0, 0.05) is 6.07 Å². The van der Waals surface area contributed by atoms with Crippen molar-refractivity contribution in [1.82, 2.24) is 0 Å². The highest BCUT2D eigenvalue weighted by molar-refractivity contribution is 6.04. The minimum Gasteiger partial charge on any atom is -0.445 e. The average Bonchev–Trinajstić information content (AvgIpc) is 2.15. The molecule has 0 saturated heterocycles. The summed E-state index contributed by atoms with van der Waals surface area (Å²) in [5, 5.41) is 0. The summed E-state index contributed by atoms with van der Waals surface area (Å²) in [6.07, 6.45) is 0. The molecule has 16 heavy (non-hydrogen) atoms. The molecule has 0 aliphatic rings. The van der Waals surface area contributed by atoms with E-state index >= 15 is 0 Å². The topological polar surface area (TPSA) is 159 Å². The van der Waals surface area contributed by atoms with E-state index in [1.165, 1.54) is 0 Å². The second-order valence-electron chi connectivity index (χ2n) is 2.77. The molecule has 8 heteroatoms. The van der Waals surface area contributed by atoms with Crippen LogP contribution in [-0.2, 0) is 0 Å². The number of hydrogen-bond donors (Lipinski definition) is 3. The first-order chi connectivity index (χ1) is 7.34. The van der Waals surface area contributed by atoms with E-state index in [1.807, 2.05) is 0 Å². The van der Waals surface area contributed by atoms with Crippen LogP contribution in [0.5, 0.6) is 0 Å². The fourth-order valence-electron chi connectivity index (χ4n) is 1.02. The van der Waals surface area contributed by atoms with Crippen LogP contribution in [0.4, 0.5) is 0 Å². The van der Waals surface area contributed by atoms with Gasteiger partial charge in [-0.15, -0.1) is 0 Å². The first-order valence-corrected chi connectivity index (χ1v) is 3.92. The van der Waals surface area contributed by atoms with Crippen molar-refractivity contribution in [3.05, 3.63) is 33.4 Å². The van der Waals surface area contributed by atoms with Crippen molar-refractivity contribution in [1.29, 1.82) is 0 Å². The number of carbonyl (C=O) groups excluding carboxylic acids is 3. The quantitative estimate of drug-likeness (QED) is 0.538. The van der Waals surface area contributed by atoms with Crippen molar-refractivity contribution in [2.75, 3.05) is 0 Å². The first-order valence-electron chi connectivity index (χ1n) is 3.92. The van der Waals surface area contributed by atoms with E-state index < -0.39 is 40.2 Å². The van der Waals surface area contributed by atoms with Gasteiger partial charge in [0.2, 0.25) is 5.76 Å². The number of rotatable bonds is 3. The monoisotopic (exact) mass is 225 g/mol. The summed E-state index contributed by atoms with van der Waals surface area (Å²) >= 11 is 0. The molecule has 0 aliphatic heterocycles. The van der Waals surface area contributed by atoms with Crippen molar-refractivity contribution >= 4 is 17.7 Å². The van der Waals surface area contributed by atoms with Gasteiger partial charge in [0.1, 0.15) is 5.56 Å². The Morgan fingerprint density at radius 2 is 1.56 bits per heavy atom. The highest BCUT2D eigenvalue weighted by Crippen LogP contribution is 2.06. The van der Waals surface area contributed by atoms with E-state index in [2.05, 4.69) is 4.42 Å². The van der Waals surface area contributed by atoms with Gasteiger partial charge in [-0.05, 0) is 0 Å². The molecule has 0 saturated carbocycles. The van der Waals surface area contributed by atoms with Gasteiger partial charge in [0.25, 0.3) is 17.7 Å². The van der Waals surface area contributed by atoms with Crippen molar-refractivity contribution in [3.63, 3.8) is 0 Å². The molecule has 0 radical (unpaired) electrons. The largest absolute Gasteiger partial charge is 0.445 e. The number of carbonyl (C=O) groups is 3. The van der Waals surface area contributed by atoms with Gasteiger partial charge in [0.05, 0.1) is 0 Å². The van der Waals surface area contributed by atoms with Crippen LogP contribution in [0.1, 0.15) is 31.5 Å². The van der Waals surface area contributed by atoms with Crippen LogP contribution in [0.15, 0.2) is 15.3 Å². The van der Waals surface area contributed by atoms with Crippen LogP contribution in [-0.4, -0.2) is 17.7 Å². The molecule has 0 spiro atoms. The van der Waals surface area contributed by atoms with Gasteiger partial charge < -0.3 is 21.6 Å². The van der Waals surface area contributed by atoms with Crippen LogP contribution in [0.2, 0.25) is 0 Å². The zero-order valence-electron chi connectivity index (χ0n) is 7.85. The molecule has 1 heterocycles. The summed E-state index contributed by atoms with van der Waals surface area (Å²) < 4.78 is 4.62.